The van der Waals surface area contributed by atoms with Crippen molar-refractivity contribution in [2.45, 2.75) is 50.2 Å². The molecule has 2 atom stereocenters. The van der Waals surface area contributed by atoms with Crippen LogP contribution in [0.4, 0.5) is 26.3 Å². The van der Waals surface area contributed by atoms with Crippen molar-refractivity contribution in [1.82, 2.24) is 4.90 Å². The van der Waals surface area contributed by atoms with Crippen LogP contribution in [0.3, 0.4) is 0 Å². The van der Waals surface area contributed by atoms with Gasteiger partial charge in [-0.2, -0.15) is 26.3 Å². The Hall–Kier alpha value is -1.29. The Morgan fingerprint density at radius 2 is 2.00 bits per heavy atom. The first-order chi connectivity index (χ1) is 11.4. The summed E-state index contributed by atoms with van der Waals surface area (Å²) in [5.41, 5.74) is -0.518. The smallest absolute Gasteiger partial charge is 0.369 e. The Bertz CT molecular complexity index is 683. The third kappa shape index (κ3) is 3.25. The Balaban J connectivity index is 1.89. The molecule has 0 aliphatic carbocycles. The molecule has 0 radical (unpaired) electrons. The van der Waals surface area contributed by atoms with Crippen LogP contribution in [0.5, 0.6) is 0 Å². The molecule has 2 aliphatic rings. The third-order valence-corrected chi connectivity index (χ3v) is 6.08. The topological polar surface area (TPSA) is 29.5 Å². The normalized spacial score (nSPS) is 27.5. The number of ether oxygens (including phenoxy) is 1. The van der Waals surface area contributed by atoms with Crippen molar-refractivity contribution < 1.29 is 35.9 Å². The fourth-order valence-electron chi connectivity index (χ4n) is 3.57. The number of carbonyl (C=O) groups excluding carboxylic acids is 1. The van der Waals surface area contributed by atoms with Crippen LogP contribution in [0.25, 0.3) is 0 Å². The number of likely N-dealkylation sites (tertiary alicyclic amines) is 1. The summed E-state index contributed by atoms with van der Waals surface area (Å²) < 4.78 is 82.8. The van der Waals surface area contributed by atoms with Gasteiger partial charge in [-0.3, -0.25) is 4.79 Å². The van der Waals surface area contributed by atoms with Gasteiger partial charge >= 0.3 is 18.3 Å². The summed E-state index contributed by atoms with van der Waals surface area (Å²) in [5.74, 6) is -1.92. The lowest BCUT2D eigenvalue weighted by Crippen LogP contribution is -2.55. The Morgan fingerprint density at radius 1 is 1.32 bits per heavy atom. The van der Waals surface area contributed by atoms with Crippen LogP contribution in [0.2, 0.25) is 0 Å². The van der Waals surface area contributed by atoms with Gasteiger partial charge in [0.05, 0.1) is 6.61 Å². The van der Waals surface area contributed by atoms with E-state index in [0.717, 1.165) is 11.0 Å². The summed E-state index contributed by atoms with van der Waals surface area (Å²) in [5, 5.41) is 0. The fourth-order valence-corrected chi connectivity index (χ4v) is 4.83. The summed E-state index contributed by atoms with van der Waals surface area (Å²) >= 11 is 0.589. The maximum absolute atomic E-state index is 13.0. The van der Waals surface area contributed by atoms with Crippen LogP contribution in [0.15, 0.2) is 6.07 Å². The first kappa shape index (κ1) is 18.5. The van der Waals surface area contributed by atoms with Crippen LogP contribution < -0.4 is 0 Å². The number of nitrogens with zero attached hydrogens (tertiary/aromatic N) is 1. The minimum absolute atomic E-state index is 0.0413. The zero-order valence-corrected chi connectivity index (χ0v) is 13.9. The van der Waals surface area contributed by atoms with Gasteiger partial charge in [0.15, 0.2) is 0 Å². The maximum Gasteiger partial charge on any atom is 0.471 e. The molecule has 25 heavy (non-hydrogen) atoms. The molecule has 1 aromatic heterocycles. The largest absolute Gasteiger partial charge is 0.471 e. The number of halogens is 6. The lowest BCUT2D eigenvalue weighted by molar-refractivity contribution is -0.194. The van der Waals surface area contributed by atoms with Gasteiger partial charge in [0, 0.05) is 23.9 Å². The highest BCUT2D eigenvalue weighted by Crippen LogP contribution is 2.49. The van der Waals surface area contributed by atoms with E-state index in [9.17, 15) is 31.1 Å². The van der Waals surface area contributed by atoms with Gasteiger partial charge in [-0.25, -0.2) is 0 Å². The van der Waals surface area contributed by atoms with E-state index >= 15 is 0 Å². The molecule has 0 unspecified atom stereocenters. The molecule has 1 amide bonds. The van der Waals surface area contributed by atoms with Gasteiger partial charge in [-0.1, -0.05) is 0 Å². The van der Waals surface area contributed by atoms with Gasteiger partial charge in [-0.15, -0.1) is 11.3 Å². The first-order valence-electron chi connectivity index (χ1n) is 7.66. The van der Waals surface area contributed by atoms with Crippen molar-refractivity contribution in [2.24, 2.45) is 0 Å². The summed E-state index contributed by atoms with van der Waals surface area (Å²) in [7, 11) is 0. The van der Waals surface area contributed by atoms with Crippen LogP contribution in [-0.4, -0.2) is 36.2 Å². The lowest BCUT2D eigenvalue weighted by atomic mass is 9.82. The summed E-state index contributed by atoms with van der Waals surface area (Å²) in [4.78, 5) is 11.9. The number of amides is 1. The van der Waals surface area contributed by atoms with Crippen LogP contribution in [0, 0.1) is 0 Å². The number of hydrogen-bond donors (Lipinski definition) is 0. The Morgan fingerprint density at radius 3 is 2.56 bits per heavy atom. The highest BCUT2D eigenvalue weighted by atomic mass is 32.1. The highest BCUT2D eigenvalue weighted by Gasteiger charge is 2.51. The standard InChI is InChI=1S/C15H15F6NO2S/c1-8-7-13(3-4-22(8)12(23)15(19,20)21)11-9(2-5-24-13)6-10(25-11)14(16,17)18/h6,8H,2-5,7H2,1H3/t8-,13+/m0/s1. The van der Waals surface area contributed by atoms with Gasteiger partial charge in [0.1, 0.15) is 10.5 Å². The molecule has 1 fully saturated rings. The Kier molecular flexibility index (Phi) is 4.34. The van der Waals surface area contributed by atoms with Crippen molar-refractivity contribution in [3.8, 4) is 0 Å². The molecule has 0 aromatic carbocycles. The summed E-state index contributed by atoms with van der Waals surface area (Å²) in [6.45, 7) is 1.46. The predicted octanol–water partition coefficient (Wildman–Crippen LogP) is 4.11. The summed E-state index contributed by atoms with van der Waals surface area (Å²) in [6.07, 6.45) is -9.02. The number of hydrogen-bond acceptors (Lipinski definition) is 3. The highest BCUT2D eigenvalue weighted by molar-refractivity contribution is 7.12. The molecule has 3 rings (SSSR count). The van der Waals surface area contributed by atoms with Crippen LogP contribution in [0.1, 0.15) is 35.1 Å². The second-order valence-electron chi connectivity index (χ2n) is 6.35. The van der Waals surface area contributed by atoms with E-state index in [0.29, 0.717) is 28.2 Å². The van der Waals surface area contributed by atoms with E-state index in [4.69, 9.17) is 4.74 Å². The monoisotopic (exact) mass is 387 g/mol. The molecule has 0 bridgehead atoms. The van der Waals surface area contributed by atoms with E-state index in [-0.39, 0.29) is 26.0 Å². The summed E-state index contributed by atoms with van der Waals surface area (Å²) in [6, 6.07) is 0.313. The molecule has 10 heteroatoms. The van der Waals surface area contributed by atoms with Crippen molar-refractivity contribution in [3.05, 3.63) is 21.4 Å². The molecule has 0 N–H and O–H groups in total. The zero-order valence-electron chi connectivity index (χ0n) is 13.1. The van der Waals surface area contributed by atoms with E-state index in [1.54, 1.807) is 0 Å². The molecule has 3 heterocycles. The number of thiophene rings is 1. The number of alkyl halides is 6. The van der Waals surface area contributed by atoms with Gasteiger partial charge in [0.2, 0.25) is 0 Å². The SMILES string of the molecule is C[C@H]1C[C@@]2(CCN1C(=O)C(F)(F)F)OCCc1cc(C(F)(F)F)sc12. The fraction of sp³-hybridized carbons (Fsp3) is 0.667. The molecule has 1 spiro atoms. The van der Waals surface area contributed by atoms with E-state index < -0.39 is 34.8 Å². The number of piperidine rings is 1. The van der Waals surface area contributed by atoms with E-state index in [2.05, 4.69) is 0 Å². The maximum atomic E-state index is 13.0. The molecule has 2 aliphatic heterocycles. The molecular weight excluding hydrogens is 372 g/mol. The van der Waals surface area contributed by atoms with Crippen molar-refractivity contribution in [1.29, 1.82) is 0 Å². The molecule has 0 saturated carbocycles. The van der Waals surface area contributed by atoms with Gasteiger partial charge in [0.25, 0.3) is 0 Å². The molecule has 1 aromatic rings. The average Bonchev–Trinajstić information content (AvgIpc) is 2.92. The van der Waals surface area contributed by atoms with Crippen LogP contribution >= 0.6 is 11.3 Å². The van der Waals surface area contributed by atoms with E-state index in [1.165, 1.54) is 6.92 Å². The minimum Gasteiger partial charge on any atom is -0.369 e. The van der Waals surface area contributed by atoms with Crippen molar-refractivity contribution >= 4 is 17.2 Å². The Labute approximate surface area is 143 Å². The first-order valence-corrected chi connectivity index (χ1v) is 8.48. The average molecular weight is 387 g/mol. The lowest BCUT2D eigenvalue weighted by Gasteiger charge is -2.47. The second-order valence-corrected chi connectivity index (χ2v) is 7.41. The minimum atomic E-state index is -4.97. The number of rotatable bonds is 0. The van der Waals surface area contributed by atoms with Gasteiger partial charge < -0.3 is 9.64 Å². The van der Waals surface area contributed by atoms with Gasteiger partial charge in [-0.05, 0) is 31.4 Å². The predicted molar refractivity (Wildman–Crippen MR) is 77.1 cm³/mol. The number of carbonyl (C=O) groups is 1. The quantitative estimate of drug-likeness (QED) is 0.627. The third-order valence-electron chi connectivity index (χ3n) is 4.67. The van der Waals surface area contributed by atoms with E-state index in [1.807, 2.05) is 0 Å². The number of fused-ring (bicyclic) bond motifs is 2. The van der Waals surface area contributed by atoms with Crippen molar-refractivity contribution in [3.63, 3.8) is 0 Å². The van der Waals surface area contributed by atoms with Crippen LogP contribution in [-0.2, 0) is 27.7 Å². The molecule has 1 saturated heterocycles. The molecular formula is C15H15F6NO2S. The zero-order chi connectivity index (χ0) is 18.6. The molecule has 140 valence electrons. The van der Waals surface area contributed by atoms with Crippen molar-refractivity contribution in [2.75, 3.05) is 13.2 Å². The molecule has 3 nitrogen and oxygen atoms in total. The second kappa shape index (κ2) is 5.87.